The lowest BCUT2D eigenvalue weighted by atomic mass is 10.2. The number of anilines is 2. The minimum Gasteiger partial charge on any atom is -0.486 e. The van der Waals surface area contributed by atoms with E-state index in [0.29, 0.717) is 22.4 Å². The first-order valence-electron chi connectivity index (χ1n) is 11.0. The number of carbonyl (C=O) groups is 2. The van der Waals surface area contributed by atoms with Crippen LogP contribution in [-0.4, -0.2) is 32.3 Å². The van der Waals surface area contributed by atoms with Crippen LogP contribution in [-0.2, 0) is 16.2 Å². The third-order valence-electron chi connectivity index (χ3n) is 4.93. The van der Waals surface area contributed by atoms with Crippen LogP contribution in [0.15, 0.2) is 84.0 Å². The highest BCUT2D eigenvalue weighted by Gasteiger charge is 2.16. The summed E-state index contributed by atoms with van der Waals surface area (Å²) in [6.45, 7) is 3.70. The number of nitrogens with zero attached hydrogens (tertiary/aromatic N) is 3. The fourth-order valence-electron chi connectivity index (χ4n) is 3.27. The van der Waals surface area contributed by atoms with Crippen molar-refractivity contribution in [2.45, 2.75) is 25.6 Å². The summed E-state index contributed by atoms with van der Waals surface area (Å²) in [4.78, 5) is 23.7. The van der Waals surface area contributed by atoms with E-state index in [2.05, 4.69) is 20.8 Å². The third kappa shape index (κ3) is 6.70. The van der Waals surface area contributed by atoms with Gasteiger partial charge in [-0.05, 0) is 55.5 Å². The molecule has 0 aliphatic heterocycles. The topological polar surface area (TPSA) is 98.1 Å². The summed E-state index contributed by atoms with van der Waals surface area (Å²) in [5.74, 6) is 1.20. The molecule has 178 valence electrons. The molecule has 8 nitrogen and oxygen atoms in total. The molecule has 4 rings (SSSR count). The zero-order valence-corrected chi connectivity index (χ0v) is 20.2. The molecule has 0 aliphatic carbocycles. The number of aryl methyl sites for hydroxylation is 1. The van der Waals surface area contributed by atoms with Crippen LogP contribution in [0, 0.1) is 6.92 Å². The van der Waals surface area contributed by atoms with Crippen molar-refractivity contribution in [3.8, 4) is 11.4 Å². The van der Waals surface area contributed by atoms with Crippen molar-refractivity contribution in [2.24, 2.45) is 0 Å². The van der Waals surface area contributed by atoms with Crippen molar-refractivity contribution >= 4 is 35.0 Å². The van der Waals surface area contributed by atoms with Gasteiger partial charge in [0.1, 0.15) is 12.4 Å². The Kier molecular flexibility index (Phi) is 7.79. The first kappa shape index (κ1) is 24.0. The largest absolute Gasteiger partial charge is 0.486 e. The standard InChI is InChI=1S/C26H25N5O3S/c1-18-8-14-23(15-9-18)34-16-24-29-30-26(31(24)22-6-4-3-5-7-22)35-17-25(33)28-21-12-10-20(11-13-21)27-19(2)32/h3-15H,16-17H2,1-2H3,(H,27,32)(H,28,33). The van der Waals surface area contributed by atoms with Gasteiger partial charge in [-0.2, -0.15) is 0 Å². The minimum absolute atomic E-state index is 0.149. The second-order valence-corrected chi connectivity index (χ2v) is 8.71. The zero-order valence-electron chi connectivity index (χ0n) is 19.4. The molecule has 4 aromatic rings. The first-order valence-corrected chi connectivity index (χ1v) is 12.0. The molecule has 9 heteroatoms. The van der Waals surface area contributed by atoms with Crippen molar-refractivity contribution in [1.29, 1.82) is 0 Å². The number of benzene rings is 3. The summed E-state index contributed by atoms with van der Waals surface area (Å²) >= 11 is 1.29. The summed E-state index contributed by atoms with van der Waals surface area (Å²) in [5.41, 5.74) is 3.35. The Morgan fingerprint density at radius 2 is 1.54 bits per heavy atom. The van der Waals surface area contributed by atoms with Gasteiger partial charge in [0.2, 0.25) is 11.8 Å². The van der Waals surface area contributed by atoms with E-state index in [0.717, 1.165) is 17.0 Å². The second-order valence-electron chi connectivity index (χ2n) is 7.77. The summed E-state index contributed by atoms with van der Waals surface area (Å²) in [6, 6.07) is 24.5. The number of rotatable bonds is 9. The molecule has 3 aromatic carbocycles. The van der Waals surface area contributed by atoms with Gasteiger partial charge in [0.25, 0.3) is 0 Å². The van der Waals surface area contributed by atoms with Crippen LogP contribution >= 0.6 is 11.8 Å². The normalized spacial score (nSPS) is 10.6. The number of thioether (sulfide) groups is 1. The maximum Gasteiger partial charge on any atom is 0.234 e. The lowest BCUT2D eigenvalue weighted by molar-refractivity contribution is -0.114. The van der Waals surface area contributed by atoms with Crippen LogP contribution in [0.25, 0.3) is 5.69 Å². The molecule has 2 amide bonds. The number of ether oxygens (including phenoxy) is 1. The quantitative estimate of drug-likeness (QED) is 0.328. The Morgan fingerprint density at radius 3 is 2.20 bits per heavy atom. The van der Waals surface area contributed by atoms with Gasteiger partial charge >= 0.3 is 0 Å². The fourth-order valence-corrected chi connectivity index (χ4v) is 4.04. The molecular formula is C26H25N5O3S. The van der Waals surface area contributed by atoms with Gasteiger partial charge in [-0.1, -0.05) is 47.7 Å². The molecule has 0 unspecified atom stereocenters. The summed E-state index contributed by atoms with van der Waals surface area (Å²) in [5, 5.41) is 14.8. The fraction of sp³-hybridized carbons (Fsp3) is 0.154. The number of nitrogens with one attached hydrogen (secondary N) is 2. The van der Waals surface area contributed by atoms with E-state index < -0.39 is 0 Å². The highest BCUT2D eigenvalue weighted by atomic mass is 32.2. The molecule has 0 spiro atoms. The van der Waals surface area contributed by atoms with Gasteiger partial charge in [-0.3, -0.25) is 14.2 Å². The van der Waals surface area contributed by atoms with E-state index in [4.69, 9.17) is 4.74 Å². The molecule has 0 fully saturated rings. The lowest BCUT2D eigenvalue weighted by Crippen LogP contribution is -2.15. The summed E-state index contributed by atoms with van der Waals surface area (Å²) in [6.07, 6.45) is 0. The number of aromatic nitrogens is 3. The predicted molar refractivity (Wildman–Crippen MR) is 137 cm³/mol. The van der Waals surface area contributed by atoms with Gasteiger partial charge in [0, 0.05) is 24.0 Å². The molecule has 1 heterocycles. The van der Waals surface area contributed by atoms with Crippen molar-refractivity contribution in [2.75, 3.05) is 16.4 Å². The van der Waals surface area contributed by atoms with E-state index in [1.807, 2.05) is 66.1 Å². The maximum atomic E-state index is 12.6. The van der Waals surface area contributed by atoms with Crippen LogP contribution < -0.4 is 15.4 Å². The average Bonchev–Trinajstić information content (AvgIpc) is 3.27. The summed E-state index contributed by atoms with van der Waals surface area (Å²) in [7, 11) is 0. The van der Waals surface area contributed by atoms with Crippen molar-refractivity contribution in [3.63, 3.8) is 0 Å². The smallest absolute Gasteiger partial charge is 0.234 e. The number of amides is 2. The molecule has 0 bridgehead atoms. The van der Waals surface area contributed by atoms with Gasteiger partial charge in [0.05, 0.1) is 5.75 Å². The van der Waals surface area contributed by atoms with Gasteiger partial charge in [-0.15, -0.1) is 10.2 Å². The van der Waals surface area contributed by atoms with Gasteiger partial charge in [-0.25, -0.2) is 0 Å². The Balaban J connectivity index is 1.43. The minimum atomic E-state index is -0.178. The van der Waals surface area contributed by atoms with E-state index in [1.54, 1.807) is 24.3 Å². The molecule has 0 radical (unpaired) electrons. The number of carbonyl (C=O) groups excluding carboxylic acids is 2. The van der Waals surface area contributed by atoms with E-state index in [1.165, 1.54) is 18.7 Å². The Morgan fingerprint density at radius 1 is 0.886 bits per heavy atom. The van der Waals surface area contributed by atoms with Crippen LogP contribution in [0.5, 0.6) is 5.75 Å². The highest BCUT2D eigenvalue weighted by molar-refractivity contribution is 7.99. The molecular weight excluding hydrogens is 462 g/mol. The Labute approximate surface area is 207 Å². The SMILES string of the molecule is CC(=O)Nc1ccc(NC(=O)CSc2nnc(COc3ccc(C)cc3)n2-c2ccccc2)cc1. The number of hydrogen-bond acceptors (Lipinski definition) is 6. The lowest BCUT2D eigenvalue weighted by Gasteiger charge is -2.11. The Bertz CT molecular complexity index is 1290. The van der Waals surface area contributed by atoms with Crippen molar-refractivity contribution in [1.82, 2.24) is 14.8 Å². The van der Waals surface area contributed by atoms with Crippen molar-refractivity contribution in [3.05, 3.63) is 90.3 Å². The van der Waals surface area contributed by atoms with Crippen molar-refractivity contribution < 1.29 is 14.3 Å². The summed E-state index contributed by atoms with van der Waals surface area (Å²) < 4.78 is 7.82. The monoisotopic (exact) mass is 487 g/mol. The molecule has 1 aromatic heterocycles. The molecule has 0 aliphatic rings. The first-order chi connectivity index (χ1) is 17.0. The molecule has 0 saturated heterocycles. The zero-order chi connectivity index (χ0) is 24.6. The average molecular weight is 488 g/mol. The molecule has 0 saturated carbocycles. The van der Waals surface area contributed by atoms with Crippen LogP contribution in [0.1, 0.15) is 18.3 Å². The highest BCUT2D eigenvalue weighted by Crippen LogP contribution is 2.24. The number of hydrogen-bond donors (Lipinski definition) is 2. The van der Waals surface area contributed by atoms with Gasteiger partial charge in [0.15, 0.2) is 11.0 Å². The maximum absolute atomic E-state index is 12.6. The second kappa shape index (κ2) is 11.3. The predicted octanol–water partition coefficient (Wildman–Crippen LogP) is 4.84. The molecule has 35 heavy (non-hydrogen) atoms. The van der Waals surface area contributed by atoms with Crippen LogP contribution in [0.2, 0.25) is 0 Å². The third-order valence-corrected chi connectivity index (χ3v) is 5.85. The van der Waals surface area contributed by atoms with Crippen LogP contribution in [0.3, 0.4) is 0 Å². The molecule has 0 atom stereocenters. The number of para-hydroxylation sites is 1. The Hall–Kier alpha value is -4.11. The molecule has 2 N–H and O–H groups in total. The van der Waals surface area contributed by atoms with Gasteiger partial charge < -0.3 is 15.4 Å². The van der Waals surface area contributed by atoms with E-state index >= 15 is 0 Å². The van der Waals surface area contributed by atoms with E-state index in [9.17, 15) is 9.59 Å². The van der Waals surface area contributed by atoms with Crippen LogP contribution in [0.4, 0.5) is 11.4 Å². The van der Waals surface area contributed by atoms with E-state index in [-0.39, 0.29) is 24.2 Å².